The molecule has 0 amide bonds. The van der Waals surface area contributed by atoms with Crippen molar-refractivity contribution < 1.29 is 30.5 Å². The minimum absolute atomic E-state index is 0. The molecule has 16 heavy (non-hydrogen) atoms. The fourth-order valence-corrected chi connectivity index (χ4v) is 0.894. The Balaban J connectivity index is -0.000000242. The van der Waals surface area contributed by atoms with E-state index in [1.165, 1.54) is 13.8 Å². The molecule has 0 aromatic carbocycles. The van der Waals surface area contributed by atoms with Gasteiger partial charge in [0.1, 0.15) is 0 Å². The summed E-state index contributed by atoms with van der Waals surface area (Å²) in [5.41, 5.74) is 0. The molecule has 0 aliphatic heterocycles. The standard InChI is InChI=1S/C6H14O3S.H3N.H2O4S/c1-5(2)6(3,4)10(7,8)9;;1-5(2,3)4/h5H,1-4H3,(H,7,8,9);1H3;(H2,1,2,3,4). The molecule has 0 fully saturated rings. The van der Waals surface area contributed by atoms with E-state index in [0.717, 1.165) is 0 Å². The van der Waals surface area contributed by atoms with Crippen LogP contribution in [0.25, 0.3) is 0 Å². The summed E-state index contributed by atoms with van der Waals surface area (Å²) in [4.78, 5) is 0. The molecule has 0 aliphatic carbocycles. The Morgan fingerprint density at radius 3 is 1.12 bits per heavy atom. The van der Waals surface area contributed by atoms with Crippen molar-refractivity contribution >= 4 is 20.5 Å². The molecule has 6 N–H and O–H groups in total. The quantitative estimate of drug-likeness (QED) is 0.540. The van der Waals surface area contributed by atoms with Crippen LogP contribution >= 0.6 is 0 Å². The van der Waals surface area contributed by atoms with Crippen LogP contribution in [0.5, 0.6) is 0 Å². The maximum absolute atomic E-state index is 10.6. The molecule has 102 valence electrons. The molecule has 0 unspecified atom stereocenters. The molecule has 0 aromatic rings. The molecule has 0 spiro atoms. The molecular formula is C6H19NO7S2. The Labute approximate surface area is 96.0 Å². The zero-order chi connectivity index (χ0) is 13.1. The van der Waals surface area contributed by atoms with Crippen LogP contribution in [0.4, 0.5) is 0 Å². The van der Waals surface area contributed by atoms with Gasteiger partial charge in [0.2, 0.25) is 0 Å². The van der Waals surface area contributed by atoms with Crippen LogP contribution in [0, 0.1) is 5.92 Å². The Morgan fingerprint density at radius 2 is 1.12 bits per heavy atom. The van der Waals surface area contributed by atoms with Crippen LogP contribution < -0.4 is 6.15 Å². The maximum atomic E-state index is 10.6. The predicted octanol–water partition coefficient (Wildman–Crippen LogP) is 0.818. The monoisotopic (exact) mass is 281 g/mol. The van der Waals surface area contributed by atoms with Crippen LogP contribution in [0.1, 0.15) is 27.7 Å². The lowest BCUT2D eigenvalue weighted by Crippen LogP contribution is -2.36. The lowest BCUT2D eigenvalue weighted by atomic mass is 10.00. The second-order valence-corrected chi connectivity index (χ2v) is 6.58. The lowest BCUT2D eigenvalue weighted by molar-refractivity contribution is 0.380. The topological polar surface area (TPSA) is 164 Å². The molecule has 0 heterocycles. The molecule has 0 aromatic heterocycles. The van der Waals surface area contributed by atoms with E-state index in [2.05, 4.69) is 0 Å². The second-order valence-electron chi connectivity index (χ2n) is 3.68. The van der Waals surface area contributed by atoms with Crippen molar-refractivity contribution in [1.29, 1.82) is 0 Å². The van der Waals surface area contributed by atoms with Gasteiger partial charge in [-0.05, 0) is 19.8 Å². The first-order valence-electron chi connectivity index (χ1n) is 3.86. The van der Waals surface area contributed by atoms with Gasteiger partial charge in [-0.3, -0.25) is 13.7 Å². The molecule has 0 saturated heterocycles. The molecule has 0 saturated carbocycles. The second kappa shape index (κ2) is 6.47. The van der Waals surface area contributed by atoms with Crippen molar-refractivity contribution in [3.63, 3.8) is 0 Å². The van der Waals surface area contributed by atoms with E-state index in [1.54, 1.807) is 13.8 Å². The average Bonchev–Trinajstić information content (AvgIpc) is 1.79. The van der Waals surface area contributed by atoms with Crippen molar-refractivity contribution in [2.45, 2.75) is 32.4 Å². The molecule has 0 atom stereocenters. The van der Waals surface area contributed by atoms with Gasteiger partial charge in [0.05, 0.1) is 4.75 Å². The summed E-state index contributed by atoms with van der Waals surface area (Å²) in [5.74, 6) is -0.0810. The smallest absolute Gasteiger partial charge is 0.344 e. The highest BCUT2D eigenvalue weighted by Gasteiger charge is 2.35. The van der Waals surface area contributed by atoms with E-state index >= 15 is 0 Å². The van der Waals surface area contributed by atoms with Crippen LogP contribution in [-0.4, -0.2) is 35.2 Å². The summed E-state index contributed by atoms with van der Waals surface area (Å²) >= 11 is 0. The fraction of sp³-hybridized carbons (Fsp3) is 1.00. The molecule has 10 heteroatoms. The van der Waals surface area contributed by atoms with E-state index in [-0.39, 0.29) is 12.1 Å². The van der Waals surface area contributed by atoms with Gasteiger partial charge in [0.15, 0.2) is 0 Å². The molecular weight excluding hydrogens is 262 g/mol. The van der Waals surface area contributed by atoms with Gasteiger partial charge in [-0.15, -0.1) is 0 Å². The molecule has 0 radical (unpaired) electrons. The minimum Gasteiger partial charge on any atom is -0.344 e. The van der Waals surface area contributed by atoms with Gasteiger partial charge in [0, 0.05) is 0 Å². The number of rotatable bonds is 2. The van der Waals surface area contributed by atoms with Gasteiger partial charge < -0.3 is 6.15 Å². The predicted molar refractivity (Wildman–Crippen MR) is 59.7 cm³/mol. The SMILES string of the molecule is CC(C)C(C)(C)S(=O)(=O)O.N.O=S(=O)(O)O. The van der Waals surface area contributed by atoms with E-state index < -0.39 is 25.3 Å². The van der Waals surface area contributed by atoms with E-state index in [9.17, 15) is 8.42 Å². The molecule has 8 nitrogen and oxygen atoms in total. The van der Waals surface area contributed by atoms with Crippen LogP contribution in [0.2, 0.25) is 0 Å². The van der Waals surface area contributed by atoms with Gasteiger partial charge in [-0.25, -0.2) is 0 Å². The number of hydrogen-bond donors (Lipinski definition) is 4. The molecule has 0 aliphatic rings. The summed E-state index contributed by atoms with van der Waals surface area (Å²) < 4.78 is 60.5. The van der Waals surface area contributed by atoms with Crippen molar-refractivity contribution in [2.24, 2.45) is 5.92 Å². The van der Waals surface area contributed by atoms with E-state index in [0.29, 0.717) is 0 Å². The summed E-state index contributed by atoms with van der Waals surface area (Å²) in [5, 5.41) is 0. The zero-order valence-electron chi connectivity index (χ0n) is 9.58. The summed E-state index contributed by atoms with van der Waals surface area (Å²) in [6, 6.07) is 0. The molecule has 0 bridgehead atoms. The van der Waals surface area contributed by atoms with Crippen LogP contribution in [-0.2, 0) is 20.5 Å². The van der Waals surface area contributed by atoms with Gasteiger partial charge in [-0.2, -0.15) is 16.8 Å². The Bertz CT molecular complexity index is 373. The van der Waals surface area contributed by atoms with Crippen molar-refractivity contribution in [3.8, 4) is 0 Å². The first kappa shape index (κ1) is 21.1. The third-order valence-electron chi connectivity index (χ3n) is 2.06. The van der Waals surface area contributed by atoms with Gasteiger partial charge in [0.25, 0.3) is 10.1 Å². The minimum atomic E-state index is -4.67. The summed E-state index contributed by atoms with van der Waals surface area (Å²) in [7, 11) is -8.57. The van der Waals surface area contributed by atoms with E-state index in [1.807, 2.05) is 0 Å². The van der Waals surface area contributed by atoms with Crippen LogP contribution in [0.3, 0.4) is 0 Å². The lowest BCUT2D eigenvalue weighted by Gasteiger charge is -2.24. The first-order chi connectivity index (χ1) is 6.19. The summed E-state index contributed by atoms with van der Waals surface area (Å²) in [6.07, 6.45) is 0. The van der Waals surface area contributed by atoms with E-state index in [4.69, 9.17) is 22.1 Å². The molecule has 0 rings (SSSR count). The zero-order valence-corrected chi connectivity index (χ0v) is 11.2. The highest BCUT2D eigenvalue weighted by Crippen LogP contribution is 2.24. The highest BCUT2D eigenvalue weighted by atomic mass is 32.3. The Hall–Kier alpha value is -0.260. The first-order valence-corrected chi connectivity index (χ1v) is 6.70. The maximum Gasteiger partial charge on any atom is 0.394 e. The third-order valence-corrected chi connectivity index (χ3v) is 3.86. The number of hydrogen-bond acceptors (Lipinski definition) is 5. The van der Waals surface area contributed by atoms with Gasteiger partial charge >= 0.3 is 10.4 Å². The fourth-order valence-electron chi connectivity index (χ4n) is 0.298. The Kier molecular flexibility index (Phi) is 8.52. The Morgan fingerprint density at radius 1 is 0.938 bits per heavy atom. The summed E-state index contributed by atoms with van der Waals surface area (Å²) in [6.45, 7) is 6.53. The van der Waals surface area contributed by atoms with Crippen molar-refractivity contribution in [1.82, 2.24) is 6.15 Å². The third kappa shape index (κ3) is 10.3. The average molecular weight is 281 g/mol. The van der Waals surface area contributed by atoms with Crippen molar-refractivity contribution in [3.05, 3.63) is 0 Å². The van der Waals surface area contributed by atoms with Gasteiger partial charge in [-0.1, -0.05) is 13.8 Å². The van der Waals surface area contributed by atoms with Crippen LogP contribution in [0.15, 0.2) is 0 Å². The highest BCUT2D eigenvalue weighted by molar-refractivity contribution is 7.87. The largest absolute Gasteiger partial charge is 0.394 e. The van der Waals surface area contributed by atoms with Crippen molar-refractivity contribution in [2.75, 3.05) is 0 Å². The normalized spacial score (nSPS) is 12.5.